The van der Waals surface area contributed by atoms with Gasteiger partial charge in [0.1, 0.15) is 0 Å². The van der Waals surface area contributed by atoms with Gasteiger partial charge in [-0.3, -0.25) is 19.2 Å². The Hall–Kier alpha value is -0.620. The fourth-order valence-corrected chi connectivity index (χ4v) is 14.7. The molecule has 0 aromatic carbocycles. The van der Waals surface area contributed by atoms with E-state index >= 15 is 0 Å². The van der Waals surface area contributed by atoms with E-state index in [0.29, 0.717) is 0 Å². The van der Waals surface area contributed by atoms with E-state index in [4.69, 9.17) is 0 Å². The van der Waals surface area contributed by atoms with E-state index in [-0.39, 0.29) is 21.0 Å². The highest BCUT2D eigenvalue weighted by atomic mass is 32.4. The van der Waals surface area contributed by atoms with Crippen LogP contribution in [0.3, 0.4) is 0 Å². The zero-order valence-electron chi connectivity index (χ0n) is 11.1. The summed E-state index contributed by atoms with van der Waals surface area (Å²) >= 11 is 0. The van der Waals surface area contributed by atoms with Crippen molar-refractivity contribution in [3.63, 3.8) is 0 Å². The Morgan fingerprint density at radius 3 is 1.00 bits per heavy atom. The smallest absolute Gasteiger partial charge is 0.167 e. The number of carbonyl (C=O) groups is 4. The summed E-state index contributed by atoms with van der Waals surface area (Å²) in [6, 6.07) is 0. The van der Waals surface area contributed by atoms with Gasteiger partial charge >= 0.3 is 0 Å². The molecule has 1 aliphatic heterocycles. The zero-order valence-corrected chi connectivity index (χ0v) is 12.7. The van der Waals surface area contributed by atoms with E-state index in [0.717, 1.165) is 22.5 Å². The molecule has 0 aromatic heterocycles. The molecular weight excluding hydrogens is 272 g/mol. The average molecular weight is 292 g/mol. The molecule has 0 amide bonds. The maximum Gasteiger partial charge on any atom is 0.167 e. The predicted molar refractivity (Wildman–Crippen MR) is 79.4 cm³/mol. The van der Waals surface area contributed by atoms with Crippen molar-refractivity contribution in [2.45, 2.75) is 36.9 Å². The van der Waals surface area contributed by atoms with Gasteiger partial charge < -0.3 is 0 Å². The Labute approximate surface area is 111 Å². The van der Waals surface area contributed by atoms with Crippen LogP contribution in [0, 0.1) is 11.8 Å². The highest BCUT2D eigenvalue weighted by molar-refractivity contribution is 8.81. The Bertz CT molecular complexity index is 314. The van der Waals surface area contributed by atoms with Crippen molar-refractivity contribution in [2.24, 2.45) is 11.8 Å². The van der Waals surface area contributed by atoms with Crippen LogP contribution in [-0.2, 0) is 19.2 Å². The first kappa shape index (κ1) is 15.4. The van der Waals surface area contributed by atoms with Crippen LogP contribution in [0.25, 0.3) is 0 Å². The van der Waals surface area contributed by atoms with Crippen LogP contribution in [0.5, 0.6) is 0 Å². The fraction of sp³-hybridized carbons (Fsp3) is 0.667. The molecule has 1 heterocycles. The van der Waals surface area contributed by atoms with Crippen molar-refractivity contribution in [3.05, 3.63) is 0 Å². The molecule has 0 N–H and O–H groups in total. The molecule has 18 heavy (non-hydrogen) atoms. The van der Waals surface area contributed by atoms with Crippen LogP contribution in [0.4, 0.5) is 0 Å². The van der Waals surface area contributed by atoms with Gasteiger partial charge in [0.25, 0.3) is 0 Å². The molecule has 0 aromatic rings. The molecule has 0 bridgehead atoms. The molecule has 1 rings (SSSR count). The molecule has 1 saturated heterocycles. The third kappa shape index (κ3) is 1.69. The lowest BCUT2D eigenvalue weighted by Gasteiger charge is -2.68. The van der Waals surface area contributed by atoms with Gasteiger partial charge in [0.15, 0.2) is 22.5 Å². The van der Waals surface area contributed by atoms with Gasteiger partial charge in [-0.25, -0.2) is 0 Å². The zero-order chi connectivity index (χ0) is 14.1. The van der Waals surface area contributed by atoms with Crippen molar-refractivity contribution in [2.75, 3.05) is 0 Å². The van der Waals surface area contributed by atoms with Crippen molar-refractivity contribution in [1.82, 2.24) is 0 Å². The molecule has 0 aliphatic carbocycles. The summed E-state index contributed by atoms with van der Waals surface area (Å²) in [6.07, 6.45) is 0. The largest absolute Gasteiger partial charge is 0.292 e. The van der Waals surface area contributed by atoms with Crippen molar-refractivity contribution >= 4 is 42.5 Å². The Morgan fingerprint density at radius 1 is 0.667 bits per heavy atom. The third-order valence-electron chi connectivity index (χ3n) is 3.36. The monoisotopic (exact) mass is 292 g/mol. The van der Waals surface area contributed by atoms with E-state index in [9.17, 15) is 19.2 Å². The maximum absolute atomic E-state index is 11.5. The summed E-state index contributed by atoms with van der Waals surface area (Å²) in [4.78, 5) is 45.9. The van der Waals surface area contributed by atoms with Crippen LogP contribution in [0.1, 0.15) is 27.7 Å². The lowest BCUT2D eigenvalue weighted by Crippen LogP contribution is -2.55. The van der Waals surface area contributed by atoms with Gasteiger partial charge in [0, 0.05) is 9.16 Å². The van der Waals surface area contributed by atoms with E-state index < -0.39 is 20.1 Å². The van der Waals surface area contributed by atoms with E-state index in [1.54, 1.807) is 0 Å². The number of hydrogen-bond donors (Lipinski definition) is 0. The normalized spacial score (nSPS) is 32.1. The summed E-state index contributed by atoms with van der Waals surface area (Å²) in [7, 11) is -4.34. The molecule has 0 saturated carbocycles. The summed E-state index contributed by atoms with van der Waals surface area (Å²) in [5.41, 5.74) is 2.92. The second kappa shape index (κ2) is 5.17. The van der Waals surface area contributed by atoms with Gasteiger partial charge in [0.2, 0.25) is 0 Å². The van der Waals surface area contributed by atoms with Crippen LogP contribution in [0.2, 0.25) is 0 Å². The van der Waals surface area contributed by atoms with Gasteiger partial charge in [-0.1, -0.05) is 27.7 Å². The molecule has 0 radical (unpaired) electrons. The average Bonchev–Trinajstić information content (AvgIpc) is 2.29. The summed E-state index contributed by atoms with van der Waals surface area (Å²) in [6.45, 7) is 7.46. The predicted octanol–water partition coefficient (Wildman–Crippen LogP) is 2.33. The molecule has 1 aliphatic rings. The first-order valence-electron chi connectivity index (χ1n) is 5.80. The van der Waals surface area contributed by atoms with Crippen LogP contribution < -0.4 is 0 Å². The highest BCUT2D eigenvalue weighted by Crippen LogP contribution is 2.87. The van der Waals surface area contributed by atoms with Gasteiger partial charge in [-0.2, -0.15) is 0 Å². The molecule has 0 atom stereocenters. The minimum absolute atomic E-state index is 0.0178. The standard InChI is InChI=1S/C12H20O4S2/c1-9(2)11-17(5-13,6-14)12(10(3)4)18(11,7-15)8-16/h5-12H,1-4H3. The van der Waals surface area contributed by atoms with Crippen molar-refractivity contribution in [3.8, 4) is 0 Å². The lowest BCUT2D eigenvalue weighted by molar-refractivity contribution is 0.556. The van der Waals surface area contributed by atoms with Crippen LogP contribution >= 0.6 is 20.1 Å². The lowest BCUT2D eigenvalue weighted by atomic mass is 10.2. The second-order valence-electron chi connectivity index (χ2n) is 5.24. The van der Waals surface area contributed by atoms with E-state index in [2.05, 4.69) is 0 Å². The third-order valence-corrected chi connectivity index (χ3v) is 14.1. The Kier molecular flexibility index (Phi) is 4.43. The highest BCUT2D eigenvalue weighted by Gasteiger charge is 2.67. The molecule has 1 fully saturated rings. The molecule has 0 spiro atoms. The number of carbonyl (C=O) groups excluding carboxylic acids is 4. The van der Waals surface area contributed by atoms with Gasteiger partial charge in [-0.15, -0.1) is 20.1 Å². The molecule has 104 valence electrons. The van der Waals surface area contributed by atoms with Crippen LogP contribution in [-0.4, -0.2) is 31.6 Å². The van der Waals surface area contributed by atoms with Crippen molar-refractivity contribution in [1.29, 1.82) is 0 Å². The van der Waals surface area contributed by atoms with Gasteiger partial charge in [0.05, 0.1) is 0 Å². The maximum atomic E-state index is 11.5. The second-order valence-corrected chi connectivity index (χ2v) is 11.9. The SMILES string of the molecule is CC(C)C1S(C=O)(C=O)C(C(C)C)S1(C=O)C=O. The number of rotatable bonds is 6. The minimum Gasteiger partial charge on any atom is -0.292 e. The van der Waals surface area contributed by atoms with Crippen LogP contribution in [0.15, 0.2) is 0 Å². The summed E-state index contributed by atoms with van der Waals surface area (Å²) in [5, 5.41) is 0. The van der Waals surface area contributed by atoms with Gasteiger partial charge in [-0.05, 0) is 11.8 Å². The molecule has 6 heteroatoms. The molecule has 4 nitrogen and oxygen atoms in total. The Morgan fingerprint density at radius 2 is 0.889 bits per heavy atom. The first-order valence-corrected chi connectivity index (χ1v) is 9.58. The van der Waals surface area contributed by atoms with E-state index in [1.807, 2.05) is 27.7 Å². The summed E-state index contributed by atoms with van der Waals surface area (Å²) in [5.74, 6) is -0.0356. The summed E-state index contributed by atoms with van der Waals surface area (Å²) < 4.78 is -0.746. The van der Waals surface area contributed by atoms with E-state index in [1.165, 1.54) is 0 Å². The topological polar surface area (TPSA) is 68.3 Å². The molecular formula is C12H20O4S2. The minimum atomic E-state index is -2.17. The quantitative estimate of drug-likeness (QED) is 0.705. The fourth-order valence-electron chi connectivity index (χ4n) is 3.16. The first-order chi connectivity index (χ1) is 8.37. The number of hydrogen-bond acceptors (Lipinski definition) is 4. The Balaban J connectivity index is 3.44. The molecule has 0 unspecified atom stereocenters. The van der Waals surface area contributed by atoms with Crippen molar-refractivity contribution < 1.29 is 19.2 Å².